The third-order valence-corrected chi connectivity index (χ3v) is 5.49. The summed E-state index contributed by atoms with van der Waals surface area (Å²) in [6.07, 6.45) is 0.104. The Kier molecular flexibility index (Phi) is 6.41. The van der Waals surface area contributed by atoms with E-state index in [-0.39, 0.29) is 25.0 Å². The molecule has 2 N–H and O–H groups in total. The molecule has 0 bridgehead atoms. The van der Waals surface area contributed by atoms with Gasteiger partial charge in [-0.25, -0.2) is 4.98 Å². The number of carbonyl (C=O) groups excluding carboxylic acids is 2. The number of carbonyl (C=O) groups is 2. The number of nitrogens with one attached hydrogen (secondary N) is 2. The number of amides is 2. The first kappa shape index (κ1) is 21.4. The van der Waals surface area contributed by atoms with Crippen LogP contribution in [0.3, 0.4) is 0 Å². The van der Waals surface area contributed by atoms with Gasteiger partial charge in [-0.3, -0.25) is 14.9 Å². The van der Waals surface area contributed by atoms with Gasteiger partial charge in [0.05, 0.1) is 26.3 Å². The van der Waals surface area contributed by atoms with Crippen molar-refractivity contribution in [1.29, 1.82) is 0 Å². The van der Waals surface area contributed by atoms with Gasteiger partial charge in [0, 0.05) is 17.5 Å². The second-order valence-electron chi connectivity index (χ2n) is 6.81. The molecular weight excluding hydrogens is 434 g/mol. The van der Waals surface area contributed by atoms with Gasteiger partial charge in [0.15, 0.2) is 28.1 Å². The summed E-state index contributed by atoms with van der Waals surface area (Å²) in [7, 11) is 3.03. The van der Waals surface area contributed by atoms with Gasteiger partial charge in [-0.2, -0.15) is 0 Å². The lowest BCUT2D eigenvalue weighted by Gasteiger charge is -2.09. The number of thiazole rings is 1. The third kappa shape index (κ3) is 4.92. The lowest BCUT2D eigenvalue weighted by molar-refractivity contribution is -0.120. The van der Waals surface area contributed by atoms with E-state index in [1.165, 1.54) is 25.6 Å². The van der Waals surface area contributed by atoms with Crippen LogP contribution in [0.25, 0.3) is 0 Å². The number of nitrogens with zero attached hydrogens (tertiary/aromatic N) is 1. The molecule has 1 aliphatic heterocycles. The van der Waals surface area contributed by atoms with Crippen molar-refractivity contribution in [3.63, 3.8) is 0 Å². The highest BCUT2D eigenvalue weighted by atomic mass is 32.1. The van der Waals surface area contributed by atoms with Crippen LogP contribution >= 0.6 is 11.3 Å². The number of fused-ring (bicyclic) bond motifs is 1. The van der Waals surface area contributed by atoms with Crippen molar-refractivity contribution in [3.05, 3.63) is 58.6 Å². The number of hydrogen-bond acceptors (Lipinski definition) is 8. The smallest absolute Gasteiger partial charge is 0.257 e. The minimum absolute atomic E-state index is 0.104. The average Bonchev–Trinajstić information content (AvgIpc) is 3.45. The molecule has 2 amide bonds. The first-order valence-corrected chi connectivity index (χ1v) is 10.6. The maximum atomic E-state index is 12.5. The molecule has 32 heavy (non-hydrogen) atoms. The summed E-state index contributed by atoms with van der Waals surface area (Å²) in [5, 5.41) is 7.74. The summed E-state index contributed by atoms with van der Waals surface area (Å²) in [6, 6.07) is 10.4. The average molecular weight is 455 g/mol. The summed E-state index contributed by atoms with van der Waals surface area (Å²) in [5.41, 5.74) is 1.88. The van der Waals surface area contributed by atoms with Crippen molar-refractivity contribution < 1.29 is 28.5 Å². The number of ether oxygens (including phenoxy) is 4. The van der Waals surface area contributed by atoms with E-state index in [1.54, 1.807) is 23.6 Å². The molecule has 0 aliphatic carbocycles. The molecule has 9 nitrogen and oxygen atoms in total. The topological polar surface area (TPSA) is 108 Å². The molecule has 2 heterocycles. The lowest BCUT2D eigenvalue weighted by Crippen LogP contribution is -2.24. The largest absolute Gasteiger partial charge is 0.493 e. The van der Waals surface area contributed by atoms with E-state index in [9.17, 15) is 9.59 Å². The predicted molar refractivity (Wildman–Crippen MR) is 118 cm³/mol. The van der Waals surface area contributed by atoms with Crippen LogP contribution < -0.4 is 29.6 Å². The van der Waals surface area contributed by atoms with Crippen LogP contribution in [0.1, 0.15) is 21.6 Å². The van der Waals surface area contributed by atoms with E-state index in [2.05, 4.69) is 15.6 Å². The number of aromatic nitrogens is 1. The molecule has 166 valence electrons. The second kappa shape index (κ2) is 9.56. The highest BCUT2D eigenvalue weighted by molar-refractivity contribution is 7.14. The first-order chi connectivity index (χ1) is 15.6. The van der Waals surface area contributed by atoms with Crippen molar-refractivity contribution >= 4 is 28.3 Å². The molecule has 0 saturated heterocycles. The summed E-state index contributed by atoms with van der Waals surface area (Å²) < 4.78 is 21.0. The number of anilines is 1. The molecule has 0 radical (unpaired) electrons. The fourth-order valence-electron chi connectivity index (χ4n) is 3.07. The van der Waals surface area contributed by atoms with Crippen molar-refractivity contribution in [3.8, 4) is 23.0 Å². The third-order valence-electron chi connectivity index (χ3n) is 4.69. The number of benzene rings is 2. The number of methoxy groups -OCH3 is 2. The zero-order chi connectivity index (χ0) is 22.5. The van der Waals surface area contributed by atoms with Crippen LogP contribution in [0.5, 0.6) is 23.0 Å². The predicted octanol–water partition coefficient (Wildman–Crippen LogP) is 3.00. The maximum absolute atomic E-state index is 12.5. The van der Waals surface area contributed by atoms with Crippen LogP contribution in [0.2, 0.25) is 0 Å². The lowest BCUT2D eigenvalue weighted by atomic mass is 10.2. The summed E-state index contributed by atoms with van der Waals surface area (Å²) in [4.78, 5) is 29.1. The highest BCUT2D eigenvalue weighted by Crippen LogP contribution is 2.32. The van der Waals surface area contributed by atoms with E-state index in [0.717, 1.165) is 5.56 Å². The Morgan fingerprint density at radius 3 is 2.69 bits per heavy atom. The first-order valence-electron chi connectivity index (χ1n) is 9.68. The molecule has 0 spiro atoms. The van der Waals surface area contributed by atoms with E-state index in [4.69, 9.17) is 18.9 Å². The van der Waals surface area contributed by atoms with Gasteiger partial charge in [-0.05, 0) is 35.9 Å². The molecular formula is C22H21N3O6S. The van der Waals surface area contributed by atoms with Crippen LogP contribution in [0.15, 0.2) is 41.8 Å². The Morgan fingerprint density at radius 1 is 1.06 bits per heavy atom. The Labute approximate surface area is 188 Å². The van der Waals surface area contributed by atoms with Crippen molar-refractivity contribution in [2.75, 3.05) is 26.3 Å². The molecule has 0 saturated carbocycles. The molecule has 0 unspecified atom stereocenters. The molecule has 0 atom stereocenters. The van der Waals surface area contributed by atoms with Crippen LogP contribution in [0, 0.1) is 0 Å². The Balaban J connectivity index is 1.30. The highest BCUT2D eigenvalue weighted by Gasteiger charge is 2.15. The molecule has 4 rings (SSSR count). The normalized spacial score (nSPS) is 11.7. The summed E-state index contributed by atoms with van der Waals surface area (Å²) >= 11 is 1.25. The fourth-order valence-corrected chi connectivity index (χ4v) is 3.78. The van der Waals surface area contributed by atoms with Gasteiger partial charge < -0.3 is 24.3 Å². The second-order valence-corrected chi connectivity index (χ2v) is 7.67. The van der Waals surface area contributed by atoms with Gasteiger partial charge in [0.2, 0.25) is 12.7 Å². The molecule has 1 aromatic heterocycles. The van der Waals surface area contributed by atoms with Crippen LogP contribution in [-0.2, 0) is 17.8 Å². The number of hydrogen-bond donors (Lipinski definition) is 2. The van der Waals surface area contributed by atoms with E-state index < -0.39 is 0 Å². The van der Waals surface area contributed by atoms with Crippen molar-refractivity contribution in [1.82, 2.24) is 10.3 Å². The Morgan fingerprint density at radius 2 is 1.88 bits per heavy atom. The Hall–Kier alpha value is -3.79. The van der Waals surface area contributed by atoms with Gasteiger partial charge in [0.25, 0.3) is 5.91 Å². The minimum atomic E-state index is -0.334. The zero-order valence-electron chi connectivity index (χ0n) is 17.5. The maximum Gasteiger partial charge on any atom is 0.257 e. The summed E-state index contributed by atoms with van der Waals surface area (Å²) in [6.45, 7) is 0.572. The number of rotatable bonds is 8. The van der Waals surface area contributed by atoms with Gasteiger partial charge in [0.1, 0.15) is 0 Å². The quantitative estimate of drug-likeness (QED) is 0.538. The molecule has 0 fully saturated rings. The zero-order valence-corrected chi connectivity index (χ0v) is 18.3. The standard InChI is InChI=1S/C22H21N3O6S/c1-28-16-6-4-14(8-18(16)29-2)21(27)25-22-24-15(11-32-22)9-20(26)23-10-13-3-5-17-19(7-13)31-12-30-17/h3-8,11H,9-10,12H2,1-2H3,(H,23,26)(H,24,25,27). The molecule has 10 heteroatoms. The SMILES string of the molecule is COc1ccc(C(=O)Nc2nc(CC(=O)NCc3ccc4c(c3)OCO4)cs2)cc1OC. The van der Waals surface area contributed by atoms with Gasteiger partial charge in [-0.1, -0.05) is 6.07 Å². The van der Waals surface area contributed by atoms with E-state index in [1.807, 2.05) is 18.2 Å². The molecule has 3 aromatic rings. The van der Waals surface area contributed by atoms with Crippen LogP contribution in [-0.4, -0.2) is 37.8 Å². The van der Waals surface area contributed by atoms with Crippen LogP contribution in [0.4, 0.5) is 5.13 Å². The molecule has 2 aromatic carbocycles. The Bertz CT molecular complexity index is 1150. The molecule has 1 aliphatic rings. The van der Waals surface area contributed by atoms with Gasteiger partial charge in [-0.15, -0.1) is 11.3 Å². The summed E-state index contributed by atoms with van der Waals surface area (Å²) in [5.74, 6) is 1.85. The minimum Gasteiger partial charge on any atom is -0.493 e. The van der Waals surface area contributed by atoms with Crippen molar-refractivity contribution in [2.45, 2.75) is 13.0 Å². The monoisotopic (exact) mass is 455 g/mol. The van der Waals surface area contributed by atoms with E-state index >= 15 is 0 Å². The van der Waals surface area contributed by atoms with E-state index in [0.29, 0.717) is 45.9 Å². The van der Waals surface area contributed by atoms with Gasteiger partial charge >= 0.3 is 0 Å². The van der Waals surface area contributed by atoms with Crippen molar-refractivity contribution in [2.24, 2.45) is 0 Å². The fraction of sp³-hybridized carbons (Fsp3) is 0.227.